The fourth-order valence-electron chi connectivity index (χ4n) is 3.49. The van der Waals surface area contributed by atoms with Crippen molar-refractivity contribution >= 4 is 5.82 Å². The Bertz CT molecular complexity index is 688. The zero-order valence-electron chi connectivity index (χ0n) is 13.9. The van der Waals surface area contributed by atoms with Crippen LogP contribution in [0.5, 0.6) is 0 Å². The molecular weight excluding hydrogens is 288 g/mol. The van der Waals surface area contributed by atoms with Gasteiger partial charge in [-0.2, -0.15) is 5.10 Å². The van der Waals surface area contributed by atoms with Crippen molar-refractivity contribution in [1.82, 2.24) is 24.6 Å². The van der Waals surface area contributed by atoms with Gasteiger partial charge in [0.15, 0.2) is 5.82 Å². The highest BCUT2D eigenvalue weighted by molar-refractivity contribution is 5.45. The van der Waals surface area contributed by atoms with E-state index in [1.807, 2.05) is 12.4 Å². The van der Waals surface area contributed by atoms with Gasteiger partial charge in [-0.1, -0.05) is 0 Å². The Morgan fingerprint density at radius 2 is 2.13 bits per heavy atom. The first kappa shape index (κ1) is 14.6. The normalized spacial score (nSPS) is 17.6. The van der Waals surface area contributed by atoms with Gasteiger partial charge < -0.3 is 9.47 Å². The van der Waals surface area contributed by atoms with Gasteiger partial charge in [-0.05, 0) is 37.9 Å². The van der Waals surface area contributed by atoms with Gasteiger partial charge >= 0.3 is 0 Å². The summed E-state index contributed by atoms with van der Waals surface area (Å²) >= 11 is 0. The van der Waals surface area contributed by atoms with Gasteiger partial charge in [0.05, 0.1) is 5.69 Å². The maximum Gasteiger partial charge on any atom is 0.151 e. The summed E-state index contributed by atoms with van der Waals surface area (Å²) in [6.45, 7) is 3.13. The molecule has 0 saturated carbocycles. The third kappa shape index (κ3) is 2.83. The molecule has 0 aromatic carbocycles. The highest BCUT2D eigenvalue weighted by atomic mass is 15.4. The molecule has 0 amide bonds. The summed E-state index contributed by atoms with van der Waals surface area (Å²) < 4.78 is 2.10. The van der Waals surface area contributed by atoms with E-state index in [2.05, 4.69) is 49.7 Å². The SMILES string of the molecule is CN(CCc1nccn1C)C1CN(c2cc3c(nn2)CCC3)C1. The van der Waals surface area contributed by atoms with Gasteiger partial charge in [-0.15, -0.1) is 5.10 Å². The summed E-state index contributed by atoms with van der Waals surface area (Å²) in [5.41, 5.74) is 2.61. The van der Waals surface area contributed by atoms with Crippen LogP contribution >= 0.6 is 0 Å². The Hall–Kier alpha value is -1.95. The number of aryl methyl sites for hydroxylation is 3. The summed E-state index contributed by atoms with van der Waals surface area (Å²) in [6.07, 6.45) is 8.36. The summed E-state index contributed by atoms with van der Waals surface area (Å²) in [5, 5.41) is 8.80. The van der Waals surface area contributed by atoms with Crippen LogP contribution in [0.3, 0.4) is 0 Å². The minimum Gasteiger partial charge on any atom is -0.352 e. The van der Waals surface area contributed by atoms with E-state index in [4.69, 9.17) is 0 Å². The number of fused-ring (bicyclic) bond motifs is 1. The highest BCUT2D eigenvalue weighted by Crippen LogP contribution is 2.26. The zero-order valence-corrected chi connectivity index (χ0v) is 13.9. The number of hydrogen-bond acceptors (Lipinski definition) is 5. The Morgan fingerprint density at radius 1 is 1.26 bits per heavy atom. The lowest BCUT2D eigenvalue weighted by Crippen LogP contribution is -2.59. The van der Waals surface area contributed by atoms with E-state index in [-0.39, 0.29) is 0 Å². The van der Waals surface area contributed by atoms with Crippen molar-refractivity contribution in [3.05, 3.63) is 35.5 Å². The van der Waals surface area contributed by atoms with E-state index in [1.165, 1.54) is 24.1 Å². The van der Waals surface area contributed by atoms with Crippen molar-refractivity contribution in [3.63, 3.8) is 0 Å². The second-order valence-electron chi connectivity index (χ2n) is 6.77. The predicted octanol–water partition coefficient (Wildman–Crippen LogP) is 1.06. The topological polar surface area (TPSA) is 50.1 Å². The van der Waals surface area contributed by atoms with Crippen molar-refractivity contribution in [3.8, 4) is 0 Å². The molecule has 1 aliphatic carbocycles. The molecule has 6 heteroatoms. The molecule has 1 fully saturated rings. The second kappa shape index (κ2) is 5.92. The maximum absolute atomic E-state index is 4.41. The second-order valence-corrected chi connectivity index (χ2v) is 6.77. The first-order valence-corrected chi connectivity index (χ1v) is 8.47. The third-order valence-electron chi connectivity index (χ3n) is 5.23. The molecule has 122 valence electrons. The smallest absolute Gasteiger partial charge is 0.151 e. The number of aromatic nitrogens is 4. The monoisotopic (exact) mass is 312 g/mol. The molecule has 2 aliphatic rings. The van der Waals surface area contributed by atoms with E-state index < -0.39 is 0 Å². The first-order valence-electron chi connectivity index (χ1n) is 8.47. The minimum atomic E-state index is 0.602. The quantitative estimate of drug-likeness (QED) is 0.826. The van der Waals surface area contributed by atoms with E-state index in [1.54, 1.807) is 0 Å². The maximum atomic E-state index is 4.41. The van der Waals surface area contributed by atoms with Gasteiger partial charge in [0.1, 0.15) is 5.82 Å². The van der Waals surface area contributed by atoms with Crippen molar-refractivity contribution in [2.75, 3.05) is 31.6 Å². The number of rotatable bonds is 5. The Kier molecular flexibility index (Phi) is 3.77. The Morgan fingerprint density at radius 3 is 2.91 bits per heavy atom. The molecule has 1 aliphatic heterocycles. The molecule has 3 heterocycles. The van der Waals surface area contributed by atoms with Crippen molar-refractivity contribution in [2.24, 2.45) is 7.05 Å². The highest BCUT2D eigenvalue weighted by Gasteiger charge is 2.31. The minimum absolute atomic E-state index is 0.602. The van der Waals surface area contributed by atoms with Gasteiger partial charge in [-0.25, -0.2) is 4.98 Å². The molecule has 0 bridgehead atoms. The summed E-state index contributed by atoms with van der Waals surface area (Å²) in [4.78, 5) is 9.17. The predicted molar refractivity (Wildman–Crippen MR) is 89.6 cm³/mol. The molecule has 4 rings (SSSR count). The molecule has 0 spiro atoms. The van der Waals surface area contributed by atoms with Crippen LogP contribution in [0.4, 0.5) is 5.82 Å². The lowest BCUT2D eigenvalue weighted by atomic mass is 10.1. The van der Waals surface area contributed by atoms with Gasteiger partial charge in [0.25, 0.3) is 0 Å². The summed E-state index contributed by atoms with van der Waals surface area (Å²) in [7, 11) is 4.26. The molecule has 0 N–H and O–H groups in total. The summed E-state index contributed by atoms with van der Waals surface area (Å²) in [5.74, 6) is 2.21. The lowest BCUT2D eigenvalue weighted by molar-refractivity contribution is 0.205. The van der Waals surface area contributed by atoms with Gasteiger partial charge in [0, 0.05) is 51.5 Å². The van der Waals surface area contributed by atoms with Crippen LogP contribution in [0.15, 0.2) is 18.5 Å². The fourth-order valence-corrected chi connectivity index (χ4v) is 3.49. The Balaban J connectivity index is 1.30. The van der Waals surface area contributed by atoms with Crippen LogP contribution < -0.4 is 4.90 Å². The molecule has 0 atom stereocenters. The van der Waals surface area contributed by atoms with Crippen molar-refractivity contribution in [2.45, 2.75) is 31.7 Å². The molecule has 2 aromatic heterocycles. The average molecular weight is 312 g/mol. The lowest BCUT2D eigenvalue weighted by Gasteiger charge is -2.44. The number of anilines is 1. The Labute approximate surface area is 137 Å². The van der Waals surface area contributed by atoms with Gasteiger partial charge in [-0.3, -0.25) is 4.90 Å². The van der Waals surface area contributed by atoms with Crippen LogP contribution in [0.2, 0.25) is 0 Å². The largest absolute Gasteiger partial charge is 0.352 e. The number of likely N-dealkylation sites (N-methyl/N-ethyl adjacent to an activating group) is 1. The summed E-state index contributed by atoms with van der Waals surface area (Å²) in [6, 6.07) is 2.85. The van der Waals surface area contributed by atoms with Crippen LogP contribution in [0.1, 0.15) is 23.5 Å². The van der Waals surface area contributed by atoms with Gasteiger partial charge in [0.2, 0.25) is 0 Å². The van der Waals surface area contributed by atoms with Crippen LogP contribution in [0.25, 0.3) is 0 Å². The zero-order chi connectivity index (χ0) is 15.8. The molecule has 1 saturated heterocycles. The van der Waals surface area contributed by atoms with E-state index in [9.17, 15) is 0 Å². The fraction of sp³-hybridized carbons (Fsp3) is 0.588. The number of nitrogens with zero attached hydrogens (tertiary/aromatic N) is 6. The van der Waals surface area contributed by atoms with Crippen LogP contribution in [-0.2, 0) is 26.3 Å². The third-order valence-corrected chi connectivity index (χ3v) is 5.23. The molecular formula is C17H24N6. The van der Waals surface area contributed by atoms with E-state index in [0.717, 1.165) is 44.1 Å². The standard InChI is InChI=1S/C17H24N6/c1-21(8-6-16-18-7-9-22(16)2)14-11-23(12-14)17-10-13-4-3-5-15(13)19-20-17/h7,9-10,14H,3-6,8,11-12H2,1-2H3. The molecule has 2 aromatic rings. The van der Waals surface area contributed by atoms with E-state index in [0.29, 0.717) is 6.04 Å². The number of hydrogen-bond donors (Lipinski definition) is 0. The average Bonchev–Trinajstić information content (AvgIpc) is 3.11. The van der Waals surface area contributed by atoms with Crippen molar-refractivity contribution in [1.29, 1.82) is 0 Å². The molecule has 6 nitrogen and oxygen atoms in total. The van der Waals surface area contributed by atoms with E-state index >= 15 is 0 Å². The van der Waals surface area contributed by atoms with Crippen LogP contribution in [0, 0.1) is 0 Å². The molecule has 23 heavy (non-hydrogen) atoms. The number of imidazole rings is 1. The molecule has 0 unspecified atom stereocenters. The molecule has 0 radical (unpaired) electrons. The van der Waals surface area contributed by atoms with Crippen molar-refractivity contribution < 1.29 is 0 Å². The van der Waals surface area contributed by atoms with Crippen LogP contribution in [-0.4, -0.2) is 57.4 Å². The first-order chi connectivity index (χ1) is 11.2.